The van der Waals surface area contributed by atoms with Crippen molar-refractivity contribution in [3.05, 3.63) is 29.8 Å². The number of hydrogen-bond donors (Lipinski definition) is 2. The highest BCUT2D eigenvalue weighted by Gasteiger charge is 2.45. The predicted octanol–water partition coefficient (Wildman–Crippen LogP) is 3.21. The summed E-state index contributed by atoms with van der Waals surface area (Å²) in [5, 5.41) is 28.7. The molecule has 1 saturated carbocycles. The first-order valence-electron chi connectivity index (χ1n) is 9.68. The van der Waals surface area contributed by atoms with E-state index >= 15 is 0 Å². The smallest absolute Gasteiger partial charge is 0.407 e. The van der Waals surface area contributed by atoms with Crippen molar-refractivity contribution in [2.24, 2.45) is 29.6 Å². The molecule has 2 N–H and O–H groups in total. The number of likely N-dealkylation sites (tertiary alicyclic amines) is 1. The predicted molar refractivity (Wildman–Crippen MR) is 100 cm³/mol. The quantitative estimate of drug-likeness (QED) is 0.828. The fourth-order valence-electron chi connectivity index (χ4n) is 4.90. The second-order valence-corrected chi connectivity index (χ2v) is 8.16. The van der Waals surface area contributed by atoms with Crippen LogP contribution in [0.3, 0.4) is 0 Å². The second-order valence-electron chi connectivity index (χ2n) is 8.16. The van der Waals surface area contributed by atoms with Crippen LogP contribution in [-0.4, -0.2) is 47.0 Å². The maximum absolute atomic E-state index is 11.4. The van der Waals surface area contributed by atoms with Crippen LogP contribution in [0, 0.1) is 40.9 Å². The molecule has 2 fully saturated rings. The molecule has 1 saturated heterocycles. The molecule has 0 radical (unpaired) electrons. The molecule has 27 heavy (non-hydrogen) atoms. The molecule has 1 heterocycles. The second kappa shape index (κ2) is 8.18. The van der Waals surface area contributed by atoms with Crippen molar-refractivity contribution in [2.45, 2.75) is 32.8 Å². The van der Waals surface area contributed by atoms with Crippen molar-refractivity contribution in [3.63, 3.8) is 0 Å². The molecule has 0 aromatic heterocycles. The highest BCUT2D eigenvalue weighted by Crippen LogP contribution is 2.47. The van der Waals surface area contributed by atoms with Crippen molar-refractivity contribution >= 4 is 6.09 Å². The Hall–Kier alpha value is -2.26. The standard InChI is InChI=1S/C21H28N2O4/c1-13-16-7-17(11-23(10-16)21(25)26)14(2)20(13)8-18(24)12-27-19-5-3-15(9-22)4-6-19/h3-6,13-14,16-18,20,24H,7-8,10-12H2,1-2H3,(H,25,26)/t13?,14?,16?,17?,18-,20?/m0/s1. The van der Waals surface area contributed by atoms with E-state index in [1.807, 2.05) is 0 Å². The summed E-state index contributed by atoms with van der Waals surface area (Å²) >= 11 is 0. The van der Waals surface area contributed by atoms with E-state index < -0.39 is 12.2 Å². The summed E-state index contributed by atoms with van der Waals surface area (Å²) in [5.74, 6) is 2.50. The van der Waals surface area contributed by atoms with Crippen molar-refractivity contribution in [3.8, 4) is 11.8 Å². The van der Waals surface area contributed by atoms with E-state index in [0.29, 0.717) is 60.4 Å². The zero-order valence-electron chi connectivity index (χ0n) is 15.9. The van der Waals surface area contributed by atoms with Gasteiger partial charge in [0.2, 0.25) is 0 Å². The maximum Gasteiger partial charge on any atom is 0.407 e. The Balaban J connectivity index is 1.56. The van der Waals surface area contributed by atoms with E-state index in [-0.39, 0.29) is 6.61 Å². The van der Waals surface area contributed by atoms with Crippen LogP contribution in [0.25, 0.3) is 0 Å². The van der Waals surface area contributed by atoms with Crippen LogP contribution in [-0.2, 0) is 0 Å². The molecule has 146 valence electrons. The van der Waals surface area contributed by atoms with Crippen molar-refractivity contribution in [1.82, 2.24) is 4.90 Å². The summed E-state index contributed by atoms with van der Waals surface area (Å²) in [6.07, 6.45) is 0.363. The molecule has 6 nitrogen and oxygen atoms in total. The first-order chi connectivity index (χ1) is 12.9. The highest BCUT2D eigenvalue weighted by molar-refractivity contribution is 5.65. The molecule has 2 aliphatic rings. The van der Waals surface area contributed by atoms with Gasteiger partial charge in [0.1, 0.15) is 12.4 Å². The molecular weight excluding hydrogens is 344 g/mol. The van der Waals surface area contributed by atoms with E-state index in [4.69, 9.17) is 10.00 Å². The van der Waals surface area contributed by atoms with E-state index in [0.717, 1.165) is 6.42 Å². The van der Waals surface area contributed by atoms with Gasteiger partial charge in [0.15, 0.2) is 0 Å². The van der Waals surface area contributed by atoms with Crippen molar-refractivity contribution in [2.75, 3.05) is 19.7 Å². The summed E-state index contributed by atoms with van der Waals surface area (Å²) in [4.78, 5) is 12.9. The van der Waals surface area contributed by atoms with Gasteiger partial charge in [-0.15, -0.1) is 0 Å². The van der Waals surface area contributed by atoms with Gasteiger partial charge in [-0.25, -0.2) is 4.79 Å². The van der Waals surface area contributed by atoms with Gasteiger partial charge >= 0.3 is 6.09 Å². The minimum atomic E-state index is -0.821. The largest absolute Gasteiger partial charge is 0.491 e. The Morgan fingerprint density at radius 3 is 2.37 bits per heavy atom. The molecular formula is C21H28N2O4. The minimum Gasteiger partial charge on any atom is -0.491 e. The van der Waals surface area contributed by atoms with Crippen molar-refractivity contribution < 1.29 is 19.7 Å². The molecule has 0 spiro atoms. The lowest BCUT2D eigenvalue weighted by Crippen LogP contribution is -2.53. The minimum absolute atomic E-state index is 0.221. The third-order valence-electron chi connectivity index (χ3n) is 6.59. The van der Waals surface area contributed by atoms with Crippen LogP contribution in [0.15, 0.2) is 24.3 Å². The lowest BCUT2D eigenvalue weighted by molar-refractivity contribution is -0.0391. The number of hydrogen-bond acceptors (Lipinski definition) is 4. The Morgan fingerprint density at radius 1 is 1.26 bits per heavy atom. The summed E-state index contributed by atoms with van der Waals surface area (Å²) in [5.41, 5.74) is 0.578. The number of piperidine rings is 1. The third-order valence-corrected chi connectivity index (χ3v) is 6.59. The summed E-state index contributed by atoms with van der Waals surface area (Å²) in [6.45, 7) is 5.82. The molecule has 5 atom stereocenters. The number of nitriles is 1. The number of nitrogens with zero attached hydrogens (tertiary/aromatic N) is 2. The Bertz CT molecular complexity index is 681. The van der Waals surface area contributed by atoms with Gasteiger partial charge in [-0.1, -0.05) is 13.8 Å². The average Bonchev–Trinajstić information content (AvgIpc) is 2.68. The van der Waals surface area contributed by atoms with Gasteiger partial charge in [-0.2, -0.15) is 5.26 Å². The number of ether oxygens (including phenoxy) is 1. The van der Waals surface area contributed by atoms with E-state index in [1.165, 1.54) is 0 Å². The topological polar surface area (TPSA) is 93.8 Å². The van der Waals surface area contributed by atoms with Gasteiger partial charge in [0.05, 0.1) is 17.7 Å². The number of aliphatic hydroxyl groups is 1. The number of aliphatic hydroxyl groups excluding tert-OH is 1. The molecule has 1 aromatic carbocycles. The number of fused-ring (bicyclic) bond motifs is 2. The molecule has 1 aliphatic carbocycles. The molecule has 3 rings (SSSR count). The molecule has 1 amide bonds. The number of benzene rings is 1. The molecule has 1 aromatic rings. The van der Waals surface area contributed by atoms with Crippen LogP contribution in [0.1, 0.15) is 32.3 Å². The average molecular weight is 372 g/mol. The Labute approximate surface area is 160 Å². The molecule has 6 heteroatoms. The first kappa shape index (κ1) is 19.5. The molecule has 2 bridgehead atoms. The van der Waals surface area contributed by atoms with E-state index in [2.05, 4.69) is 19.9 Å². The fourth-order valence-corrected chi connectivity index (χ4v) is 4.90. The zero-order chi connectivity index (χ0) is 19.6. The van der Waals surface area contributed by atoms with Crippen LogP contribution in [0.4, 0.5) is 4.79 Å². The van der Waals surface area contributed by atoms with Gasteiger partial charge in [0, 0.05) is 13.1 Å². The summed E-state index contributed by atoms with van der Waals surface area (Å²) < 4.78 is 5.68. The number of carbonyl (C=O) groups is 1. The van der Waals surface area contributed by atoms with Crippen LogP contribution in [0.5, 0.6) is 5.75 Å². The molecule has 1 aliphatic heterocycles. The van der Waals surface area contributed by atoms with Crippen LogP contribution < -0.4 is 4.74 Å². The Kier molecular flexibility index (Phi) is 5.91. The number of rotatable bonds is 5. The lowest BCUT2D eigenvalue weighted by Gasteiger charge is -2.51. The highest BCUT2D eigenvalue weighted by atomic mass is 16.5. The maximum atomic E-state index is 11.4. The van der Waals surface area contributed by atoms with Gasteiger partial charge in [0.25, 0.3) is 0 Å². The normalized spacial score (nSPS) is 31.0. The fraction of sp³-hybridized carbons (Fsp3) is 0.619. The van der Waals surface area contributed by atoms with Crippen LogP contribution in [0.2, 0.25) is 0 Å². The lowest BCUT2D eigenvalue weighted by atomic mass is 9.60. The van der Waals surface area contributed by atoms with E-state index in [1.54, 1.807) is 29.2 Å². The number of carboxylic acid groups (broad SMARTS) is 1. The SMILES string of the molecule is CC1C2CC(CN(C(=O)O)C2)C(C)C1C[C@H](O)COc1ccc(C#N)cc1. The monoisotopic (exact) mass is 372 g/mol. The van der Waals surface area contributed by atoms with Crippen molar-refractivity contribution in [1.29, 1.82) is 5.26 Å². The summed E-state index contributed by atoms with van der Waals surface area (Å²) in [6, 6.07) is 8.94. The summed E-state index contributed by atoms with van der Waals surface area (Å²) in [7, 11) is 0. The van der Waals surface area contributed by atoms with Gasteiger partial charge in [-0.05, 0) is 66.7 Å². The zero-order valence-corrected chi connectivity index (χ0v) is 15.9. The van der Waals surface area contributed by atoms with Crippen LogP contribution >= 0.6 is 0 Å². The van der Waals surface area contributed by atoms with E-state index in [9.17, 15) is 15.0 Å². The number of amides is 1. The Morgan fingerprint density at radius 2 is 1.85 bits per heavy atom. The first-order valence-corrected chi connectivity index (χ1v) is 9.68. The van der Waals surface area contributed by atoms with Gasteiger partial charge in [-0.3, -0.25) is 0 Å². The molecule has 4 unspecified atom stereocenters. The van der Waals surface area contributed by atoms with Gasteiger partial charge < -0.3 is 19.8 Å². The third kappa shape index (κ3) is 4.36.